The summed E-state index contributed by atoms with van der Waals surface area (Å²) in [6.45, 7) is 1.70. The lowest BCUT2D eigenvalue weighted by atomic mass is 9.92. The van der Waals surface area contributed by atoms with Crippen LogP contribution in [0.3, 0.4) is 0 Å². The van der Waals surface area contributed by atoms with Gasteiger partial charge in [-0.15, -0.1) is 0 Å². The third kappa shape index (κ3) is 5.37. The minimum absolute atomic E-state index is 0.110. The van der Waals surface area contributed by atoms with Crippen molar-refractivity contribution in [2.24, 2.45) is 5.92 Å². The van der Waals surface area contributed by atoms with Crippen LogP contribution in [0, 0.1) is 17.6 Å². The highest BCUT2D eigenvalue weighted by Gasteiger charge is 2.26. The summed E-state index contributed by atoms with van der Waals surface area (Å²) < 4.78 is 26.1. The Balaban J connectivity index is 1.41. The van der Waals surface area contributed by atoms with Crippen LogP contribution in [0.2, 0.25) is 0 Å². The molecule has 0 aromatic heterocycles. The highest BCUT2D eigenvalue weighted by molar-refractivity contribution is 5.93. The van der Waals surface area contributed by atoms with Crippen LogP contribution in [-0.2, 0) is 16.1 Å². The number of benzene rings is 1. The largest absolute Gasteiger partial charge is 0.352 e. The molecule has 1 atom stereocenters. The third-order valence-electron chi connectivity index (χ3n) is 5.38. The van der Waals surface area contributed by atoms with Crippen LogP contribution in [-0.4, -0.2) is 29.8 Å². The van der Waals surface area contributed by atoms with Crippen molar-refractivity contribution in [3.63, 3.8) is 0 Å². The van der Waals surface area contributed by atoms with Gasteiger partial charge in [-0.05, 0) is 62.1 Å². The summed E-state index contributed by atoms with van der Waals surface area (Å²) in [4.78, 5) is 26.5. The van der Waals surface area contributed by atoms with E-state index in [0.717, 1.165) is 62.8 Å². The standard InChI is InChI=1S/C21H26F2N2O2/c22-18-9-7-16(12-19(18)23)13-24-20(26)10-8-15-4-3-11-25(14-15)21(27)17-5-1-2-6-17/h5,7,9,12,15H,1-4,6,8,10-11,13-14H2,(H,24,26)/t15-/m1/s1. The third-order valence-corrected chi connectivity index (χ3v) is 5.38. The predicted molar refractivity (Wildman–Crippen MR) is 98.7 cm³/mol. The number of hydrogen-bond acceptors (Lipinski definition) is 2. The van der Waals surface area contributed by atoms with Crippen molar-refractivity contribution in [2.45, 2.75) is 51.5 Å². The molecule has 1 aliphatic carbocycles. The summed E-state index contributed by atoms with van der Waals surface area (Å²) in [6, 6.07) is 3.61. The van der Waals surface area contributed by atoms with Crippen molar-refractivity contribution in [2.75, 3.05) is 13.1 Å². The second kappa shape index (κ2) is 9.11. The summed E-state index contributed by atoms with van der Waals surface area (Å²) in [6.07, 6.45) is 8.10. The van der Waals surface area contributed by atoms with E-state index >= 15 is 0 Å². The van der Waals surface area contributed by atoms with E-state index in [1.54, 1.807) is 0 Å². The number of halogens is 2. The first-order valence-electron chi connectivity index (χ1n) is 9.72. The molecule has 1 saturated heterocycles. The number of carbonyl (C=O) groups is 2. The molecule has 4 nitrogen and oxygen atoms in total. The maximum Gasteiger partial charge on any atom is 0.249 e. The van der Waals surface area contributed by atoms with E-state index in [1.807, 2.05) is 4.90 Å². The molecular formula is C21H26F2N2O2. The minimum Gasteiger partial charge on any atom is -0.352 e. The van der Waals surface area contributed by atoms with E-state index in [2.05, 4.69) is 11.4 Å². The molecule has 6 heteroatoms. The predicted octanol–water partition coefficient (Wildman–Crippen LogP) is 3.71. The van der Waals surface area contributed by atoms with Crippen LogP contribution in [0.5, 0.6) is 0 Å². The SMILES string of the molecule is O=C(CC[C@H]1CCCN(C(=O)C2=CCCC2)C1)NCc1ccc(F)c(F)c1. The smallest absolute Gasteiger partial charge is 0.249 e. The Morgan fingerprint density at radius 3 is 2.78 bits per heavy atom. The van der Waals surface area contributed by atoms with Crippen molar-refractivity contribution >= 4 is 11.8 Å². The van der Waals surface area contributed by atoms with Gasteiger partial charge in [-0.3, -0.25) is 9.59 Å². The number of nitrogens with zero attached hydrogens (tertiary/aromatic N) is 1. The molecule has 1 fully saturated rings. The Morgan fingerprint density at radius 2 is 2.04 bits per heavy atom. The van der Waals surface area contributed by atoms with Crippen molar-refractivity contribution in [3.05, 3.63) is 47.0 Å². The van der Waals surface area contributed by atoms with Crippen LogP contribution >= 0.6 is 0 Å². The molecule has 1 heterocycles. The van der Waals surface area contributed by atoms with Crippen LogP contribution in [0.1, 0.15) is 50.5 Å². The second-order valence-corrected chi connectivity index (χ2v) is 7.44. The lowest BCUT2D eigenvalue weighted by molar-refractivity contribution is -0.129. The van der Waals surface area contributed by atoms with Crippen LogP contribution in [0.15, 0.2) is 29.8 Å². The fraction of sp³-hybridized carbons (Fsp3) is 0.524. The maximum absolute atomic E-state index is 13.2. The van der Waals surface area contributed by atoms with Crippen molar-refractivity contribution in [3.8, 4) is 0 Å². The summed E-state index contributed by atoms with van der Waals surface area (Å²) >= 11 is 0. The van der Waals surface area contributed by atoms with Gasteiger partial charge in [-0.25, -0.2) is 8.78 Å². The first kappa shape index (κ1) is 19.5. The van der Waals surface area contributed by atoms with E-state index in [9.17, 15) is 18.4 Å². The van der Waals surface area contributed by atoms with Gasteiger partial charge in [-0.1, -0.05) is 12.1 Å². The van der Waals surface area contributed by atoms with E-state index < -0.39 is 11.6 Å². The summed E-state index contributed by atoms with van der Waals surface area (Å²) in [5.74, 6) is -1.42. The fourth-order valence-electron chi connectivity index (χ4n) is 3.83. The monoisotopic (exact) mass is 376 g/mol. The molecule has 1 aliphatic heterocycles. The van der Waals surface area contributed by atoms with E-state index in [0.29, 0.717) is 24.4 Å². The van der Waals surface area contributed by atoms with E-state index in [4.69, 9.17) is 0 Å². The van der Waals surface area contributed by atoms with E-state index in [-0.39, 0.29) is 18.4 Å². The van der Waals surface area contributed by atoms with Crippen molar-refractivity contribution in [1.82, 2.24) is 10.2 Å². The Bertz CT molecular complexity index is 733. The average Bonchev–Trinajstić information content (AvgIpc) is 3.21. The number of allylic oxidation sites excluding steroid dienone is 1. The lowest BCUT2D eigenvalue weighted by Gasteiger charge is -2.33. The minimum atomic E-state index is -0.911. The first-order chi connectivity index (χ1) is 13.0. The van der Waals surface area contributed by atoms with Gasteiger partial charge in [0.2, 0.25) is 11.8 Å². The lowest BCUT2D eigenvalue weighted by Crippen LogP contribution is -2.40. The summed E-state index contributed by atoms with van der Waals surface area (Å²) in [5, 5.41) is 2.75. The van der Waals surface area contributed by atoms with Crippen molar-refractivity contribution < 1.29 is 18.4 Å². The number of likely N-dealkylation sites (tertiary alicyclic amines) is 1. The van der Waals surface area contributed by atoms with Gasteiger partial charge in [0.15, 0.2) is 11.6 Å². The molecular weight excluding hydrogens is 350 g/mol. The Morgan fingerprint density at radius 1 is 1.19 bits per heavy atom. The molecule has 1 aromatic rings. The zero-order valence-corrected chi connectivity index (χ0v) is 15.5. The topological polar surface area (TPSA) is 49.4 Å². The molecule has 0 saturated carbocycles. The zero-order chi connectivity index (χ0) is 19.2. The molecule has 0 radical (unpaired) electrons. The van der Waals surface area contributed by atoms with E-state index in [1.165, 1.54) is 6.07 Å². The maximum atomic E-state index is 13.2. The molecule has 27 heavy (non-hydrogen) atoms. The number of piperidine rings is 1. The molecule has 1 N–H and O–H groups in total. The number of nitrogens with one attached hydrogen (secondary N) is 1. The van der Waals surface area contributed by atoms with Gasteiger partial charge in [0, 0.05) is 31.6 Å². The molecule has 0 bridgehead atoms. The average molecular weight is 376 g/mol. The van der Waals surface area contributed by atoms with Gasteiger partial charge in [-0.2, -0.15) is 0 Å². The molecule has 146 valence electrons. The van der Waals surface area contributed by atoms with Gasteiger partial charge >= 0.3 is 0 Å². The van der Waals surface area contributed by atoms with Crippen LogP contribution < -0.4 is 5.32 Å². The van der Waals surface area contributed by atoms with Gasteiger partial charge in [0.05, 0.1) is 0 Å². The Hall–Kier alpha value is -2.24. The highest BCUT2D eigenvalue weighted by atomic mass is 19.2. The number of carbonyl (C=O) groups excluding carboxylic acids is 2. The Kier molecular flexibility index (Phi) is 6.58. The molecule has 2 aliphatic rings. The van der Waals surface area contributed by atoms with Gasteiger partial charge < -0.3 is 10.2 Å². The van der Waals surface area contributed by atoms with Crippen LogP contribution in [0.25, 0.3) is 0 Å². The molecule has 3 rings (SSSR count). The number of rotatable bonds is 6. The molecule has 0 unspecified atom stereocenters. The van der Waals surface area contributed by atoms with Crippen molar-refractivity contribution in [1.29, 1.82) is 0 Å². The highest BCUT2D eigenvalue weighted by Crippen LogP contribution is 2.25. The van der Waals surface area contributed by atoms with Gasteiger partial charge in [0.1, 0.15) is 0 Å². The van der Waals surface area contributed by atoms with Crippen LogP contribution in [0.4, 0.5) is 8.78 Å². The first-order valence-corrected chi connectivity index (χ1v) is 9.72. The molecule has 0 spiro atoms. The quantitative estimate of drug-likeness (QED) is 0.823. The molecule has 2 amide bonds. The normalized spacial score (nSPS) is 19.7. The summed E-state index contributed by atoms with van der Waals surface area (Å²) in [7, 11) is 0. The zero-order valence-electron chi connectivity index (χ0n) is 15.5. The fourth-order valence-corrected chi connectivity index (χ4v) is 3.83. The Labute approximate surface area is 158 Å². The number of amides is 2. The second-order valence-electron chi connectivity index (χ2n) is 7.44. The van der Waals surface area contributed by atoms with Gasteiger partial charge in [0.25, 0.3) is 0 Å². The molecule has 1 aromatic carbocycles. The number of hydrogen-bond donors (Lipinski definition) is 1. The summed E-state index contributed by atoms with van der Waals surface area (Å²) in [5.41, 5.74) is 1.47.